The third kappa shape index (κ3) is 5.19. The van der Waals surface area contributed by atoms with Crippen molar-refractivity contribution >= 4 is 5.91 Å². The van der Waals surface area contributed by atoms with E-state index in [2.05, 4.69) is 77.8 Å². The number of phenols is 1. The summed E-state index contributed by atoms with van der Waals surface area (Å²) in [6.45, 7) is 4.52. The van der Waals surface area contributed by atoms with Crippen molar-refractivity contribution in [2.75, 3.05) is 13.1 Å². The molecule has 0 spiro atoms. The summed E-state index contributed by atoms with van der Waals surface area (Å²) >= 11 is 0. The molecule has 2 aliphatic carbocycles. The number of piperidine rings is 1. The number of carbonyl (C=O) groups excluding carboxylic acids is 1. The van der Waals surface area contributed by atoms with Crippen LogP contribution in [0.25, 0.3) is 0 Å². The van der Waals surface area contributed by atoms with Gasteiger partial charge in [0.15, 0.2) is 0 Å². The van der Waals surface area contributed by atoms with Gasteiger partial charge in [-0.05, 0) is 86.2 Å². The summed E-state index contributed by atoms with van der Waals surface area (Å²) in [5.41, 5.74) is 3.34. The van der Waals surface area contributed by atoms with E-state index < -0.39 is 5.41 Å². The number of nitrogens with zero attached hydrogens (tertiary/aromatic N) is 1. The van der Waals surface area contributed by atoms with Gasteiger partial charge in [0.05, 0.1) is 5.41 Å². The zero-order valence-corrected chi connectivity index (χ0v) is 23.9. The van der Waals surface area contributed by atoms with E-state index in [4.69, 9.17) is 0 Å². The van der Waals surface area contributed by atoms with Crippen LogP contribution in [0, 0.1) is 5.92 Å². The first-order chi connectivity index (χ1) is 19.5. The number of rotatable bonds is 8. The van der Waals surface area contributed by atoms with Crippen molar-refractivity contribution < 1.29 is 9.90 Å². The molecular formula is C36H44N2O2. The van der Waals surface area contributed by atoms with Crippen LogP contribution in [-0.4, -0.2) is 41.1 Å². The summed E-state index contributed by atoms with van der Waals surface area (Å²) in [4.78, 5) is 16.9. The van der Waals surface area contributed by atoms with E-state index in [1.54, 1.807) is 6.07 Å². The number of aryl methyl sites for hydroxylation is 1. The lowest BCUT2D eigenvalue weighted by Gasteiger charge is -2.57. The van der Waals surface area contributed by atoms with Gasteiger partial charge >= 0.3 is 0 Å². The molecule has 2 saturated carbocycles. The monoisotopic (exact) mass is 536 g/mol. The second kappa shape index (κ2) is 11.4. The third-order valence-electron chi connectivity index (χ3n) is 10.5. The lowest BCUT2D eigenvalue weighted by Crippen LogP contribution is -2.62. The molecule has 1 heterocycles. The highest BCUT2D eigenvalue weighted by molar-refractivity contribution is 5.88. The van der Waals surface area contributed by atoms with E-state index in [1.165, 1.54) is 16.7 Å². The molecule has 210 valence electrons. The number of carbonyl (C=O) groups is 1. The number of amides is 1. The van der Waals surface area contributed by atoms with Crippen LogP contribution in [0.5, 0.6) is 5.75 Å². The van der Waals surface area contributed by atoms with E-state index in [0.29, 0.717) is 17.7 Å². The normalized spacial score (nSPS) is 27.8. The summed E-state index contributed by atoms with van der Waals surface area (Å²) in [7, 11) is 0. The number of likely N-dealkylation sites (tertiary alicyclic amines) is 1. The van der Waals surface area contributed by atoms with Gasteiger partial charge in [0.25, 0.3) is 0 Å². The molecule has 3 aromatic rings. The van der Waals surface area contributed by atoms with E-state index in [0.717, 1.165) is 70.9 Å². The van der Waals surface area contributed by atoms with Gasteiger partial charge in [0, 0.05) is 24.0 Å². The van der Waals surface area contributed by atoms with E-state index in [-0.39, 0.29) is 17.4 Å². The molecule has 4 heteroatoms. The van der Waals surface area contributed by atoms with Gasteiger partial charge in [-0.1, -0.05) is 92.6 Å². The van der Waals surface area contributed by atoms with E-state index in [9.17, 15) is 9.90 Å². The highest BCUT2D eigenvalue weighted by Crippen LogP contribution is 2.51. The minimum atomic E-state index is -0.410. The van der Waals surface area contributed by atoms with Gasteiger partial charge in [0.2, 0.25) is 5.91 Å². The number of hydrogen-bond acceptors (Lipinski definition) is 3. The molecule has 4 atom stereocenters. The first-order valence-electron chi connectivity index (χ1n) is 15.4. The van der Waals surface area contributed by atoms with Crippen molar-refractivity contribution in [2.24, 2.45) is 5.92 Å². The highest BCUT2D eigenvalue weighted by Gasteiger charge is 2.52. The molecule has 6 rings (SSSR count). The molecular weight excluding hydrogens is 492 g/mol. The maximum Gasteiger partial charge on any atom is 0.230 e. The fraction of sp³-hybridized carbons (Fsp3) is 0.472. The quantitative estimate of drug-likeness (QED) is 0.334. The Morgan fingerprint density at radius 2 is 1.62 bits per heavy atom. The van der Waals surface area contributed by atoms with Crippen LogP contribution in [-0.2, 0) is 22.0 Å². The first kappa shape index (κ1) is 27.1. The summed E-state index contributed by atoms with van der Waals surface area (Å²) in [5.74, 6) is 0.980. The number of phenolic OH excluding ortho intramolecular Hbond substituents is 1. The summed E-state index contributed by atoms with van der Waals surface area (Å²) < 4.78 is 0. The summed E-state index contributed by atoms with van der Waals surface area (Å²) in [6, 6.07) is 29.7. The Bertz CT molecular complexity index is 1290. The average Bonchev–Trinajstić information content (AvgIpc) is 3.48. The summed E-state index contributed by atoms with van der Waals surface area (Å²) in [5, 5.41) is 14.1. The summed E-state index contributed by atoms with van der Waals surface area (Å²) in [6.07, 6.45) is 9.31. The maximum absolute atomic E-state index is 14.2. The van der Waals surface area contributed by atoms with Crippen LogP contribution in [0.15, 0.2) is 84.9 Å². The van der Waals surface area contributed by atoms with Gasteiger partial charge in [0.1, 0.15) is 5.75 Å². The maximum atomic E-state index is 14.2. The van der Waals surface area contributed by atoms with Crippen molar-refractivity contribution in [1.29, 1.82) is 0 Å². The predicted octanol–water partition coefficient (Wildman–Crippen LogP) is 6.76. The van der Waals surface area contributed by atoms with Crippen LogP contribution in [0.3, 0.4) is 0 Å². The SMILES string of the molecule is C[C@H]1CN(CCCc2ccccc2)[C@@H]2CC(NC(=O)C3(c4ccccc4)CCCC3)C[C@@]1(c1cccc(O)c1)C2. The smallest absolute Gasteiger partial charge is 0.230 e. The Hall–Kier alpha value is -3.11. The molecule has 1 aliphatic heterocycles. The van der Waals surface area contributed by atoms with E-state index in [1.807, 2.05) is 18.2 Å². The number of aromatic hydroxyl groups is 1. The minimum Gasteiger partial charge on any atom is -0.508 e. The fourth-order valence-electron chi connectivity index (χ4n) is 8.35. The van der Waals surface area contributed by atoms with E-state index >= 15 is 0 Å². The lowest BCUT2D eigenvalue weighted by atomic mass is 9.57. The molecule has 40 heavy (non-hydrogen) atoms. The largest absolute Gasteiger partial charge is 0.508 e. The molecule has 3 fully saturated rings. The molecule has 0 radical (unpaired) electrons. The van der Waals surface area contributed by atoms with Crippen LogP contribution in [0.4, 0.5) is 0 Å². The Kier molecular flexibility index (Phi) is 7.72. The number of nitrogens with one attached hydrogen (secondary N) is 1. The van der Waals surface area contributed by atoms with Gasteiger partial charge in [-0.25, -0.2) is 0 Å². The molecule has 4 nitrogen and oxygen atoms in total. The number of fused-ring (bicyclic) bond motifs is 2. The molecule has 1 saturated heterocycles. The second-order valence-corrected chi connectivity index (χ2v) is 12.8. The molecule has 1 amide bonds. The van der Waals surface area contributed by atoms with Crippen LogP contribution in [0.1, 0.15) is 75.0 Å². The standard InChI is InChI=1S/C36H44N2O2/c1-27-26-38(21-11-14-28-12-4-2-5-13-28)32-23-31(24-36(27,25-32)30-17-10-18-33(39)22-30)37-34(40)35(19-8-9-20-35)29-15-6-3-7-16-29/h2-7,10,12-13,15-18,22,27,31-32,39H,8-9,11,14,19-21,23-26H2,1H3,(H,37,40)/t27-,31?,32+,36+/m0/s1. The Labute approximate surface area is 239 Å². The van der Waals surface area contributed by atoms with Crippen LogP contribution >= 0.6 is 0 Å². The van der Waals surface area contributed by atoms with Crippen molar-refractivity contribution in [1.82, 2.24) is 10.2 Å². The first-order valence-corrected chi connectivity index (χ1v) is 15.4. The van der Waals surface area contributed by atoms with Crippen LogP contribution in [0.2, 0.25) is 0 Å². The number of benzene rings is 3. The Morgan fingerprint density at radius 3 is 2.35 bits per heavy atom. The lowest BCUT2D eigenvalue weighted by molar-refractivity contribution is -0.128. The zero-order valence-electron chi connectivity index (χ0n) is 23.9. The van der Waals surface area contributed by atoms with Gasteiger partial charge in [-0.15, -0.1) is 0 Å². The molecule has 0 aromatic heterocycles. The second-order valence-electron chi connectivity index (χ2n) is 12.8. The van der Waals surface area contributed by atoms with Gasteiger partial charge in [-0.2, -0.15) is 0 Å². The topological polar surface area (TPSA) is 52.6 Å². The molecule has 2 bridgehead atoms. The fourth-order valence-corrected chi connectivity index (χ4v) is 8.35. The Morgan fingerprint density at radius 1 is 0.925 bits per heavy atom. The van der Waals surface area contributed by atoms with Crippen molar-refractivity contribution in [2.45, 2.75) is 87.6 Å². The zero-order chi connectivity index (χ0) is 27.6. The van der Waals surface area contributed by atoms with Gasteiger partial charge < -0.3 is 10.4 Å². The molecule has 3 aliphatic rings. The molecule has 1 unspecified atom stereocenters. The average molecular weight is 537 g/mol. The van der Waals surface area contributed by atoms with Crippen LogP contribution < -0.4 is 5.32 Å². The minimum absolute atomic E-state index is 0.0505. The Balaban J connectivity index is 1.25. The highest BCUT2D eigenvalue weighted by atomic mass is 16.3. The van der Waals surface area contributed by atoms with Crippen molar-refractivity contribution in [3.05, 3.63) is 102 Å². The predicted molar refractivity (Wildman–Crippen MR) is 161 cm³/mol. The molecule has 3 aromatic carbocycles. The van der Waals surface area contributed by atoms with Crippen molar-refractivity contribution in [3.8, 4) is 5.75 Å². The van der Waals surface area contributed by atoms with Crippen molar-refractivity contribution in [3.63, 3.8) is 0 Å². The molecule has 2 N–H and O–H groups in total. The number of hydrogen-bond donors (Lipinski definition) is 2. The third-order valence-corrected chi connectivity index (χ3v) is 10.5. The van der Waals surface area contributed by atoms with Gasteiger partial charge in [-0.3, -0.25) is 9.69 Å².